The Morgan fingerprint density at radius 1 is 1.29 bits per heavy atom. The zero-order valence-corrected chi connectivity index (χ0v) is 15.9. The van der Waals surface area contributed by atoms with Gasteiger partial charge in [0.2, 0.25) is 0 Å². The van der Waals surface area contributed by atoms with Crippen LogP contribution in [0.1, 0.15) is 32.9 Å². The highest BCUT2D eigenvalue weighted by atomic mass is 19.4. The third kappa shape index (κ3) is 3.95. The Kier molecular flexibility index (Phi) is 4.90. The molecule has 156 valence electrons. The number of carbonyl (C=O) groups excluding carboxylic acids is 1. The number of benzene rings is 1. The molecule has 0 aliphatic heterocycles. The molecule has 0 bridgehead atoms. The summed E-state index contributed by atoms with van der Waals surface area (Å²) in [5.41, 5.74) is 1.06. The van der Waals surface area contributed by atoms with Crippen molar-refractivity contribution in [2.75, 3.05) is 5.32 Å². The fraction of sp³-hybridized carbons (Fsp3) is 0.150. The minimum absolute atomic E-state index is 0.107. The molecule has 1 N–H and O–H groups in total. The van der Waals surface area contributed by atoms with E-state index in [4.69, 9.17) is 4.52 Å². The maximum Gasteiger partial charge on any atom is 0.433 e. The van der Waals surface area contributed by atoms with Crippen LogP contribution >= 0.6 is 0 Å². The molecule has 0 radical (unpaired) electrons. The van der Waals surface area contributed by atoms with Crippen molar-refractivity contribution in [2.24, 2.45) is 0 Å². The Morgan fingerprint density at radius 3 is 2.71 bits per heavy atom. The van der Waals surface area contributed by atoms with E-state index in [0.29, 0.717) is 27.7 Å². The fourth-order valence-corrected chi connectivity index (χ4v) is 3.01. The average Bonchev–Trinajstić information content (AvgIpc) is 3.31. The SMILES string of the molecule is Cc1nocc1C(=O)Nc1nn(Cc2ccc(C(F)(F)F)nc2)c2ccc(C#N)cc12. The van der Waals surface area contributed by atoms with Crippen molar-refractivity contribution < 1.29 is 22.5 Å². The minimum atomic E-state index is -4.53. The summed E-state index contributed by atoms with van der Waals surface area (Å²) in [6, 6.07) is 9.04. The second-order valence-electron chi connectivity index (χ2n) is 6.67. The summed E-state index contributed by atoms with van der Waals surface area (Å²) in [5.74, 6) is -0.304. The van der Waals surface area contributed by atoms with Gasteiger partial charge in [-0.25, -0.2) is 0 Å². The van der Waals surface area contributed by atoms with E-state index in [1.165, 1.54) is 17.0 Å². The first-order valence-electron chi connectivity index (χ1n) is 8.91. The van der Waals surface area contributed by atoms with Gasteiger partial charge < -0.3 is 9.84 Å². The van der Waals surface area contributed by atoms with Gasteiger partial charge in [-0.2, -0.15) is 23.5 Å². The number of aryl methyl sites for hydroxylation is 1. The van der Waals surface area contributed by atoms with Gasteiger partial charge in [0.1, 0.15) is 17.5 Å². The first kappa shape index (κ1) is 20.1. The van der Waals surface area contributed by atoms with E-state index in [1.54, 1.807) is 25.1 Å². The number of halogens is 3. The predicted molar refractivity (Wildman–Crippen MR) is 102 cm³/mol. The number of hydrogen-bond donors (Lipinski definition) is 1. The number of nitriles is 1. The quantitative estimate of drug-likeness (QED) is 0.530. The van der Waals surface area contributed by atoms with Crippen molar-refractivity contribution in [2.45, 2.75) is 19.6 Å². The van der Waals surface area contributed by atoms with Crippen molar-refractivity contribution in [1.82, 2.24) is 19.9 Å². The lowest BCUT2D eigenvalue weighted by Gasteiger charge is -2.07. The Morgan fingerprint density at radius 2 is 2.10 bits per heavy atom. The molecule has 0 spiro atoms. The van der Waals surface area contributed by atoms with E-state index in [-0.39, 0.29) is 17.9 Å². The number of aromatic nitrogens is 4. The van der Waals surface area contributed by atoms with Crippen LogP contribution in [-0.2, 0) is 12.7 Å². The average molecular weight is 426 g/mol. The summed E-state index contributed by atoms with van der Waals surface area (Å²) in [4.78, 5) is 16.0. The molecule has 31 heavy (non-hydrogen) atoms. The third-order valence-electron chi connectivity index (χ3n) is 4.55. The van der Waals surface area contributed by atoms with E-state index in [2.05, 4.69) is 20.6 Å². The minimum Gasteiger partial charge on any atom is -0.364 e. The smallest absolute Gasteiger partial charge is 0.364 e. The summed E-state index contributed by atoms with van der Waals surface area (Å²) in [6.45, 7) is 1.72. The molecule has 1 amide bonds. The standard InChI is InChI=1S/C20H13F3N6O2/c1-11-15(10-31-28-11)19(30)26-18-14-6-12(7-24)2-4-16(14)29(27-18)9-13-3-5-17(25-8-13)20(21,22)23/h2-6,8,10H,9H2,1H3,(H,26,27,30). The number of hydrogen-bond acceptors (Lipinski definition) is 6. The van der Waals surface area contributed by atoms with Crippen LogP contribution < -0.4 is 5.32 Å². The lowest BCUT2D eigenvalue weighted by atomic mass is 10.1. The molecule has 3 heterocycles. The van der Waals surface area contributed by atoms with Crippen molar-refractivity contribution in [3.8, 4) is 6.07 Å². The van der Waals surface area contributed by atoms with Crippen LogP contribution in [-0.4, -0.2) is 25.8 Å². The Labute approximate surface area is 172 Å². The van der Waals surface area contributed by atoms with Crippen LogP contribution in [0.4, 0.5) is 19.0 Å². The number of alkyl halides is 3. The summed E-state index contributed by atoms with van der Waals surface area (Å²) in [6.07, 6.45) is -2.20. The van der Waals surface area contributed by atoms with Gasteiger partial charge in [0, 0.05) is 11.6 Å². The fourth-order valence-electron chi connectivity index (χ4n) is 3.01. The number of nitrogens with one attached hydrogen (secondary N) is 1. The topological polar surface area (TPSA) is 110 Å². The third-order valence-corrected chi connectivity index (χ3v) is 4.55. The first-order valence-corrected chi connectivity index (χ1v) is 8.91. The Balaban J connectivity index is 1.70. The number of pyridine rings is 1. The zero-order chi connectivity index (χ0) is 22.2. The molecule has 11 heteroatoms. The molecule has 0 saturated carbocycles. The van der Waals surface area contributed by atoms with Crippen LogP contribution in [0.2, 0.25) is 0 Å². The monoisotopic (exact) mass is 426 g/mol. The summed E-state index contributed by atoms with van der Waals surface area (Å²) >= 11 is 0. The maximum atomic E-state index is 12.7. The highest BCUT2D eigenvalue weighted by molar-refractivity contribution is 6.08. The molecular weight excluding hydrogens is 413 g/mol. The second kappa shape index (κ2) is 7.56. The molecule has 0 aliphatic carbocycles. The van der Waals surface area contributed by atoms with Crippen LogP contribution in [0.5, 0.6) is 0 Å². The molecule has 3 aromatic heterocycles. The molecule has 1 aromatic carbocycles. The largest absolute Gasteiger partial charge is 0.433 e. The van der Waals surface area contributed by atoms with Gasteiger partial charge >= 0.3 is 6.18 Å². The lowest BCUT2D eigenvalue weighted by Crippen LogP contribution is -2.13. The van der Waals surface area contributed by atoms with Crippen LogP contribution in [0.3, 0.4) is 0 Å². The molecule has 4 rings (SSSR count). The predicted octanol–water partition coefficient (Wildman–Crippen LogP) is 3.92. The van der Waals surface area contributed by atoms with Gasteiger partial charge in [0.25, 0.3) is 5.91 Å². The number of carbonyl (C=O) groups is 1. The normalized spacial score (nSPS) is 11.5. The maximum absolute atomic E-state index is 12.7. The first-order chi connectivity index (χ1) is 14.8. The van der Waals surface area contributed by atoms with Gasteiger partial charge in [-0.15, -0.1) is 0 Å². The van der Waals surface area contributed by atoms with Crippen molar-refractivity contribution >= 4 is 22.6 Å². The molecular formula is C20H13F3N6O2. The summed E-state index contributed by atoms with van der Waals surface area (Å²) < 4.78 is 44.5. The number of nitrogens with zero attached hydrogens (tertiary/aromatic N) is 5. The van der Waals surface area contributed by atoms with Crippen LogP contribution in [0, 0.1) is 18.3 Å². The zero-order valence-electron chi connectivity index (χ0n) is 15.9. The molecule has 0 unspecified atom stereocenters. The molecule has 0 fully saturated rings. The van der Waals surface area contributed by atoms with E-state index in [0.717, 1.165) is 12.3 Å². The van der Waals surface area contributed by atoms with Gasteiger partial charge in [-0.1, -0.05) is 11.2 Å². The molecule has 0 aliphatic rings. The van der Waals surface area contributed by atoms with Gasteiger partial charge in [0.05, 0.1) is 29.4 Å². The number of rotatable bonds is 4. The van der Waals surface area contributed by atoms with Crippen LogP contribution in [0.15, 0.2) is 47.3 Å². The van der Waals surface area contributed by atoms with Crippen molar-refractivity contribution in [3.05, 3.63) is 70.9 Å². The Hall–Kier alpha value is -4.20. The number of anilines is 1. The van der Waals surface area contributed by atoms with Crippen LogP contribution in [0.25, 0.3) is 10.9 Å². The van der Waals surface area contributed by atoms with Gasteiger partial charge in [0.15, 0.2) is 5.82 Å². The molecule has 0 saturated heterocycles. The Bertz CT molecular complexity index is 1320. The van der Waals surface area contributed by atoms with E-state index in [9.17, 15) is 23.2 Å². The van der Waals surface area contributed by atoms with Crippen molar-refractivity contribution in [1.29, 1.82) is 5.26 Å². The van der Waals surface area contributed by atoms with E-state index in [1.807, 2.05) is 6.07 Å². The number of amides is 1. The lowest BCUT2D eigenvalue weighted by molar-refractivity contribution is -0.141. The molecule has 8 nitrogen and oxygen atoms in total. The summed E-state index contributed by atoms with van der Waals surface area (Å²) in [5, 5.41) is 20.4. The van der Waals surface area contributed by atoms with Crippen molar-refractivity contribution in [3.63, 3.8) is 0 Å². The second-order valence-corrected chi connectivity index (χ2v) is 6.67. The highest BCUT2D eigenvalue weighted by Crippen LogP contribution is 2.28. The molecule has 0 atom stereocenters. The highest BCUT2D eigenvalue weighted by Gasteiger charge is 2.32. The number of fused-ring (bicyclic) bond motifs is 1. The summed E-state index contributed by atoms with van der Waals surface area (Å²) in [7, 11) is 0. The van der Waals surface area contributed by atoms with E-state index < -0.39 is 17.8 Å². The van der Waals surface area contributed by atoms with Gasteiger partial charge in [-0.3, -0.25) is 14.5 Å². The van der Waals surface area contributed by atoms with E-state index >= 15 is 0 Å². The van der Waals surface area contributed by atoms with Gasteiger partial charge in [-0.05, 0) is 36.8 Å². The molecule has 4 aromatic rings.